The van der Waals surface area contributed by atoms with Gasteiger partial charge in [-0.3, -0.25) is 9.59 Å². The topological polar surface area (TPSA) is 75.6 Å². The molecule has 2 aromatic rings. The molecule has 2 N–H and O–H groups in total. The van der Waals surface area contributed by atoms with Crippen LogP contribution in [0.1, 0.15) is 42.5 Å². The third-order valence-electron chi connectivity index (χ3n) is 4.55. The molecule has 1 fully saturated rings. The molecule has 134 valence electrons. The van der Waals surface area contributed by atoms with E-state index in [1.807, 2.05) is 24.3 Å². The Morgan fingerprint density at radius 3 is 2.42 bits per heavy atom. The molecule has 1 aliphatic heterocycles. The minimum atomic E-state index is -0.719. The molecule has 0 saturated carbocycles. The third kappa shape index (κ3) is 3.20. The lowest BCUT2D eigenvalue weighted by molar-refractivity contribution is -0.133. The summed E-state index contributed by atoms with van der Waals surface area (Å²) in [5.74, 6) is -0.720. The monoisotopic (exact) mass is 351 g/mol. The van der Waals surface area contributed by atoms with Crippen molar-refractivity contribution in [1.29, 1.82) is 0 Å². The van der Waals surface area contributed by atoms with Gasteiger partial charge in [-0.25, -0.2) is 0 Å². The molecule has 0 aliphatic carbocycles. The van der Waals surface area contributed by atoms with Crippen LogP contribution in [0.25, 0.3) is 5.76 Å². The molecule has 1 aliphatic rings. The summed E-state index contributed by atoms with van der Waals surface area (Å²) in [4.78, 5) is 24.3. The summed E-state index contributed by atoms with van der Waals surface area (Å²) in [5, 5.41) is 13.4. The molecule has 5 heteroatoms. The van der Waals surface area contributed by atoms with Crippen LogP contribution >= 0.6 is 0 Å². The number of methoxy groups -OCH3 is 1. The van der Waals surface area contributed by atoms with Gasteiger partial charge in [0, 0.05) is 5.56 Å². The van der Waals surface area contributed by atoms with Crippen molar-refractivity contribution in [3.8, 4) is 5.75 Å². The fourth-order valence-electron chi connectivity index (χ4n) is 3.02. The minimum Gasteiger partial charge on any atom is -0.507 e. The van der Waals surface area contributed by atoms with E-state index in [9.17, 15) is 14.7 Å². The molecule has 5 nitrogen and oxygen atoms in total. The zero-order chi connectivity index (χ0) is 18.8. The number of hydrogen-bond acceptors (Lipinski definition) is 4. The fourth-order valence-corrected chi connectivity index (χ4v) is 3.02. The van der Waals surface area contributed by atoms with E-state index in [2.05, 4.69) is 19.2 Å². The van der Waals surface area contributed by atoms with Gasteiger partial charge in [0.25, 0.3) is 11.7 Å². The molecule has 0 bridgehead atoms. The maximum absolute atomic E-state index is 12.4. The molecule has 1 heterocycles. The van der Waals surface area contributed by atoms with Crippen molar-refractivity contribution >= 4 is 17.4 Å². The number of benzene rings is 2. The van der Waals surface area contributed by atoms with Gasteiger partial charge in [0.05, 0.1) is 18.7 Å². The summed E-state index contributed by atoms with van der Waals surface area (Å²) in [6, 6.07) is 13.7. The van der Waals surface area contributed by atoms with Gasteiger partial charge in [-0.2, -0.15) is 0 Å². The Hall–Kier alpha value is -3.08. The molecule has 0 unspecified atom stereocenters. The number of Topliss-reactive ketones (excluding diaryl/α,β-unsaturated/α-hetero) is 1. The van der Waals surface area contributed by atoms with E-state index in [0.717, 1.165) is 11.1 Å². The molecular formula is C21H21NO4. The van der Waals surface area contributed by atoms with Gasteiger partial charge in [-0.1, -0.05) is 50.2 Å². The lowest BCUT2D eigenvalue weighted by Gasteiger charge is -2.15. The number of carbonyl (C=O) groups is 2. The second kappa shape index (κ2) is 7.04. The molecule has 1 amide bonds. The maximum Gasteiger partial charge on any atom is 0.293 e. The van der Waals surface area contributed by atoms with Crippen molar-refractivity contribution in [2.24, 2.45) is 0 Å². The number of carbonyl (C=O) groups excluding carboxylic acids is 2. The second-order valence-electron chi connectivity index (χ2n) is 6.55. The number of ether oxygens (including phenoxy) is 1. The van der Waals surface area contributed by atoms with Crippen LogP contribution in [-0.2, 0) is 9.59 Å². The molecule has 26 heavy (non-hydrogen) atoms. The predicted molar refractivity (Wildman–Crippen MR) is 99.0 cm³/mol. The summed E-state index contributed by atoms with van der Waals surface area (Å²) >= 11 is 0. The highest BCUT2D eigenvalue weighted by Gasteiger charge is 2.39. The molecule has 1 saturated heterocycles. The summed E-state index contributed by atoms with van der Waals surface area (Å²) < 4.78 is 5.16. The van der Waals surface area contributed by atoms with Gasteiger partial charge in [0.2, 0.25) is 0 Å². The van der Waals surface area contributed by atoms with Gasteiger partial charge in [-0.05, 0) is 29.2 Å². The van der Waals surface area contributed by atoms with E-state index in [-0.39, 0.29) is 11.3 Å². The van der Waals surface area contributed by atoms with Gasteiger partial charge in [-0.15, -0.1) is 0 Å². The number of rotatable bonds is 4. The summed E-state index contributed by atoms with van der Waals surface area (Å²) in [6.45, 7) is 4.19. The smallest absolute Gasteiger partial charge is 0.293 e. The highest BCUT2D eigenvalue weighted by atomic mass is 16.5. The highest BCUT2D eigenvalue weighted by molar-refractivity contribution is 6.46. The first-order valence-electron chi connectivity index (χ1n) is 8.45. The Balaban J connectivity index is 2.06. The van der Waals surface area contributed by atoms with Crippen molar-refractivity contribution in [2.45, 2.75) is 25.8 Å². The molecule has 0 spiro atoms. The Morgan fingerprint density at radius 1 is 1.12 bits per heavy atom. The van der Waals surface area contributed by atoms with Crippen LogP contribution in [-0.4, -0.2) is 23.9 Å². The fraction of sp³-hybridized carbons (Fsp3) is 0.238. The summed E-state index contributed by atoms with van der Waals surface area (Å²) in [5.41, 5.74) is 2.39. The first-order chi connectivity index (χ1) is 12.4. The molecule has 1 atom stereocenters. The Kier molecular flexibility index (Phi) is 4.80. The van der Waals surface area contributed by atoms with E-state index in [1.165, 1.54) is 7.11 Å². The Bertz CT molecular complexity index is 881. The van der Waals surface area contributed by atoms with Crippen LogP contribution < -0.4 is 10.1 Å². The number of aliphatic hydroxyl groups excluding tert-OH is 1. The van der Waals surface area contributed by atoms with Gasteiger partial charge in [0.1, 0.15) is 11.5 Å². The molecule has 2 aromatic carbocycles. The highest BCUT2D eigenvalue weighted by Crippen LogP contribution is 2.34. The molecule has 0 aromatic heterocycles. The van der Waals surface area contributed by atoms with Crippen LogP contribution in [0.5, 0.6) is 5.75 Å². The largest absolute Gasteiger partial charge is 0.507 e. The lowest BCUT2D eigenvalue weighted by atomic mass is 9.93. The predicted octanol–water partition coefficient (Wildman–Crippen LogP) is 3.53. The van der Waals surface area contributed by atoms with E-state index < -0.39 is 17.7 Å². The number of amides is 1. The van der Waals surface area contributed by atoms with E-state index in [0.29, 0.717) is 17.2 Å². The standard InChI is InChI=1S/C21H21NO4/c1-12(2)13-7-9-14(10-8-13)18-17(20(24)21(25)22-18)19(23)15-5-4-6-16(11-15)26-3/h4-12,18,23H,1-3H3,(H,22,25)/t18-/m0/s1. The van der Waals surface area contributed by atoms with Crippen LogP contribution in [0.2, 0.25) is 0 Å². The van der Waals surface area contributed by atoms with E-state index >= 15 is 0 Å². The van der Waals surface area contributed by atoms with Crippen molar-refractivity contribution in [3.63, 3.8) is 0 Å². The minimum absolute atomic E-state index is 0.0561. The number of nitrogens with one attached hydrogen (secondary N) is 1. The SMILES string of the molecule is COc1cccc(C(O)=C2C(=O)C(=O)N[C@H]2c2ccc(C(C)C)cc2)c1. The molecule has 3 rings (SSSR count). The molecule has 0 radical (unpaired) electrons. The quantitative estimate of drug-likeness (QED) is 0.502. The van der Waals surface area contributed by atoms with Gasteiger partial charge >= 0.3 is 0 Å². The number of aliphatic hydroxyl groups is 1. The van der Waals surface area contributed by atoms with Crippen LogP contribution in [0.4, 0.5) is 0 Å². The van der Waals surface area contributed by atoms with E-state index in [1.54, 1.807) is 24.3 Å². The lowest BCUT2D eigenvalue weighted by Crippen LogP contribution is -2.21. The number of ketones is 1. The Labute approximate surface area is 152 Å². The average Bonchev–Trinajstić information content (AvgIpc) is 2.96. The van der Waals surface area contributed by atoms with Crippen molar-refractivity contribution in [3.05, 3.63) is 70.8 Å². The van der Waals surface area contributed by atoms with Crippen molar-refractivity contribution < 1.29 is 19.4 Å². The van der Waals surface area contributed by atoms with Crippen LogP contribution in [0.3, 0.4) is 0 Å². The van der Waals surface area contributed by atoms with Gasteiger partial charge in [0.15, 0.2) is 0 Å². The maximum atomic E-state index is 12.4. The first kappa shape index (κ1) is 17.7. The number of hydrogen-bond donors (Lipinski definition) is 2. The average molecular weight is 351 g/mol. The van der Waals surface area contributed by atoms with Gasteiger partial charge < -0.3 is 15.2 Å². The van der Waals surface area contributed by atoms with E-state index in [4.69, 9.17) is 4.74 Å². The van der Waals surface area contributed by atoms with Crippen molar-refractivity contribution in [2.75, 3.05) is 7.11 Å². The van der Waals surface area contributed by atoms with Crippen molar-refractivity contribution in [1.82, 2.24) is 5.32 Å². The molecular weight excluding hydrogens is 330 g/mol. The second-order valence-corrected chi connectivity index (χ2v) is 6.55. The summed E-state index contributed by atoms with van der Waals surface area (Å²) in [7, 11) is 1.52. The first-order valence-corrected chi connectivity index (χ1v) is 8.45. The third-order valence-corrected chi connectivity index (χ3v) is 4.55. The Morgan fingerprint density at radius 2 is 1.81 bits per heavy atom. The van der Waals surface area contributed by atoms with Crippen LogP contribution in [0.15, 0.2) is 54.1 Å². The van der Waals surface area contributed by atoms with Crippen LogP contribution in [0, 0.1) is 0 Å². The summed E-state index contributed by atoms with van der Waals surface area (Å²) in [6.07, 6.45) is 0. The zero-order valence-corrected chi connectivity index (χ0v) is 14.9. The normalized spacial score (nSPS) is 18.8. The zero-order valence-electron chi connectivity index (χ0n) is 14.9.